The van der Waals surface area contributed by atoms with E-state index in [-0.39, 0.29) is 16.2 Å². The van der Waals surface area contributed by atoms with Gasteiger partial charge >= 0.3 is 0 Å². The standard InChI is InChI=1S/C22H30BrN5OS/c1-14-17(23)19(24)26-20(25-14)28-11-9-22(10-12-28)13-15-7-5-6-8-16(15)18(22)27-30(29)21(2,3)4/h5-8,18,27H,9-13H2,1-4H3,(H2,24,25,26)/t18-,30-/m1/s1. The van der Waals surface area contributed by atoms with E-state index in [2.05, 4.69) is 59.8 Å². The van der Waals surface area contributed by atoms with Gasteiger partial charge in [-0.25, -0.2) is 4.98 Å². The van der Waals surface area contributed by atoms with Gasteiger partial charge in [-0.3, -0.25) is 0 Å². The van der Waals surface area contributed by atoms with Crippen molar-refractivity contribution in [3.05, 3.63) is 45.6 Å². The molecule has 1 aliphatic carbocycles. The molecule has 2 aromatic rings. The zero-order chi connectivity index (χ0) is 21.7. The largest absolute Gasteiger partial charge is 0.598 e. The highest BCUT2D eigenvalue weighted by Crippen LogP contribution is 2.52. The fourth-order valence-corrected chi connectivity index (χ4v) is 5.71. The molecule has 1 saturated heterocycles. The molecule has 0 saturated carbocycles. The van der Waals surface area contributed by atoms with Gasteiger partial charge < -0.3 is 15.2 Å². The predicted molar refractivity (Wildman–Crippen MR) is 127 cm³/mol. The first-order valence-electron chi connectivity index (χ1n) is 10.4. The molecule has 1 aliphatic heterocycles. The quantitative estimate of drug-likeness (QED) is 0.628. The first-order chi connectivity index (χ1) is 14.1. The summed E-state index contributed by atoms with van der Waals surface area (Å²) in [6.07, 6.45) is 2.98. The number of benzene rings is 1. The molecular formula is C22H30BrN5OS. The van der Waals surface area contributed by atoms with E-state index >= 15 is 0 Å². The molecule has 162 valence electrons. The van der Waals surface area contributed by atoms with Crippen LogP contribution in [-0.2, 0) is 17.8 Å². The molecule has 8 heteroatoms. The normalized spacial score (nSPS) is 21.7. The van der Waals surface area contributed by atoms with Crippen LogP contribution in [0, 0.1) is 12.3 Å². The number of piperidine rings is 1. The van der Waals surface area contributed by atoms with Crippen LogP contribution in [0.15, 0.2) is 28.7 Å². The Balaban J connectivity index is 1.58. The first kappa shape index (κ1) is 21.9. The summed E-state index contributed by atoms with van der Waals surface area (Å²) < 4.78 is 17.0. The number of nitrogens with zero attached hydrogens (tertiary/aromatic N) is 3. The van der Waals surface area contributed by atoms with Gasteiger partial charge in [-0.1, -0.05) is 24.3 Å². The van der Waals surface area contributed by atoms with Gasteiger partial charge in [0.05, 0.1) is 16.2 Å². The molecule has 1 aromatic heterocycles. The molecule has 0 amide bonds. The van der Waals surface area contributed by atoms with Crippen LogP contribution in [0.25, 0.3) is 0 Å². The van der Waals surface area contributed by atoms with E-state index in [1.54, 1.807) is 0 Å². The lowest BCUT2D eigenvalue weighted by Crippen LogP contribution is -2.50. The maximum Gasteiger partial charge on any atom is 0.227 e. The minimum atomic E-state index is -1.13. The number of aromatic nitrogens is 2. The number of fused-ring (bicyclic) bond motifs is 1. The van der Waals surface area contributed by atoms with E-state index in [9.17, 15) is 4.55 Å². The van der Waals surface area contributed by atoms with Gasteiger partial charge in [-0.15, -0.1) is 4.72 Å². The van der Waals surface area contributed by atoms with Gasteiger partial charge in [0.15, 0.2) is 0 Å². The number of rotatable bonds is 3. The Morgan fingerprint density at radius 1 is 1.23 bits per heavy atom. The van der Waals surface area contributed by atoms with E-state index in [4.69, 9.17) is 5.73 Å². The molecule has 0 unspecified atom stereocenters. The van der Waals surface area contributed by atoms with Crippen LogP contribution in [0.3, 0.4) is 0 Å². The monoisotopic (exact) mass is 491 g/mol. The lowest BCUT2D eigenvalue weighted by Gasteiger charge is -2.44. The van der Waals surface area contributed by atoms with E-state index in [0.717, 1.165) is 42.5 Å². The third kappa shape index (κ3) is 3.95. The Bertz CT molecular complexity index is 916. The minimum Gasteiger partial charge on any atom is -0.598 e. The molecule has 2 heterocycles. The zero-order valence-corrected chi connectivity index (χ0v) is 20.4. The lowest BCUT2D eigenvalue weighted by atomic mass is 9.73. The topological polar surface area (TPSA) is 90.1 Å². The summed E-state index contributed by atoms with van der Waals surface area (Å²) in [6, 6.07) is 8.69. The molecule has 4 rings (SSSR count). The van der Waals surface area contributed by atoms with Gasteiger partial charge in [0.1, 0.15) is 10.6 Å². The number of nitrogens with two attached hydrogens (primary N) is 1. The molecule has 2 aliphatic rings. The van der Waals surface area contributed by atoms with E-state index in [0.29, 0.717) is 11.8 Å². The van der Waals surface area contributed by atoms with Crippen LogP contribution in [-0.4, -0.2) is 32.4 Å². The van der Waals surface area contributed by atoms with Crippen LogP contribution < -0.4 is 15.4 Å². The van der Waals surface area contributed by atoms with Crippen molar-refractivity contribution in [3.63, 3.8) is 0 Å². The minimum absolute atomic E-state index is 0.0526. The van der Waals surface area contributed by atoms with Crippen molar-refractivity contribution in [2.45, 2.75) is 57.7 Å². The van der Waals surface area contributed by atoms with Crippen LogP contribution in [0.5, 0.6) is 0 Å². The van der Waals surface area contributed by atoms with Gasteiger partial charge in [-0.2, -0.15) is 4.98 Å². The second-order valence-corrected chi connectivity index (χ2v) is 12.3. The Kier molecular flexibility index (Phi) is 5.81. The van der Waals surface area contributed by atoms with Crippen molar-refractivity contribution >= 4 is 39.1 Å². The summed E-state index contributed by atoms with van der Waals surface area (Å²) in [4.78, 5) is 11.4. The molecule has 3 N–H and O–H groups in total. The summed E-state index contributed by atoms with van der Waals surface area (Å²) in [5.74, 6) is 1.17. The van der Waals surface area contributed by atoms with Crippen molar-refractivity contribution in [2.24, 2.45) is 5.41 Å². The van der Waals surface area contributed by atoms with Crippen molar-refractivity contribution in [2.75, 3.05) is 23.7 Å². The van der Waals surface area contributed by atoms with Crippen LogP contribution in [0.2, 0.25) is 0 Å². The van der Waals surface area contributed by atoms with Crippen molar-refractivity contribution < 1.29 is 4.55 Å². The molecule has 30 heavy (non-hydrogen) atoms. The van der Waals surface area contributed by atoms with Gasteiger partial charge in [0, 0.05) is 29.9 Å². The number of nitrogens with one attached hydrogen (secondary N) is 1. The second-order valence-electron chi connectivity index (χ2n) is 9.47. The Labute approximate surface area is 190 Å². The second kappa shape index (κ2) is 7.97. The lowest BCUT2D eigenvalue weighted by molar-refractivity contribution is 0.175. The first-order valence-corrected chi connectivity index (χ1v) is 12.4. The smallest absolute Gasteiger partial charge is 0.227 e. The average molecular weight is 492 g/mol. The molecule has 0 bridgehead atoms. The third-order valence-corrected chi connectivity index (χ3v) is 8.92. The molecule has 6 nitrogen and oxygen atoms in total. The highest BCUT2D eigenvalue weighted by Gasteiger charge is 2.50. The molecule has 1 fully saturated rings. The third-order valence-electron chi connectivity index (χ3n) is 6.37. The van der Waals surface area contributed by atoms with Crippen LogP contribution >= 0.6 is 15.9 Å². The average Bonchev–Trinajstić information content (AvgIpc) is 2.98. The summed E-state index contributed by atoms with van der Waals surface area (Å²) in [6.45, 7) is 9.70. The molecule has 0 radical (unpaired) electrons. The van der Waals surface area contributed by atoms with Gasteiger partial charge in [0.25, 0.3) is 0 Å². The molecule has 2 atom stereocenters. The summed E-state index contributed by atoms with van der Waals surface area (Å²) in [7, 11) is 0. The number of hydrogen-bond acceptors (Lipinski definition) is 6. The van der Waals surface area contributed by atoms with E-state index in [1.165, 1.54) is 11.1 Å². The van der Waals surface area contributed by atoms with E-state index in [1.807, 2.05) is 27.7 Å². The van der Waals surface area contributed by atoms with Crippen LogP contribution in [0.1, 0.15) is 56.5 Å². The Hall–Kier alpha value is -1.35. The fraction of sp³-hybridized carbons (Fsp3) is 0.545. The molecular weight excluding hydrogens is 462 g/mol. The van der Waals surface area contributed by atoms with Crippen molar-refractivity contribution in [1.29, 1.82) is 0 Å². The Morgan fingerprint density at radius 2 is 1.90 bits per heavy atom. The molecule has 1 spiro atoms. The fourth-order valence-electron chi connectivity index (χ4n) is 4.59. The predicted octanol–water partition coefficient (Wildman–Crippen LogP) is 4.07. The van der Waals surface area contributed by atoms with E-state index < -0.39 is 11.4 Å². The number of aryl methyl sites for hydroxylation is 1. The SMILES string of the molecule is Cc1nc(N2CCC3(CC2)Cc2ccccc2[C@H]3N[S@+]([O-])C(C)(C)C)nc(N)c1Br. The number of halogens is 1. The number of anilines is 2. The van der Waals surface area contributed by atoms with Gasteiger partial charge in [0.2, 0.25) is 5.95 Å². The van der Waals surface area contributed by atoms with Crippen LogP contribution in [0.4, 0.5) is 11.8 Å². The number of hydrogen-bond donors (Lipinski definition) is 2. The zero-order valence-electron chi connectivity index (χ0n) is 18.0. The van der Waals surface area contributed by atoms with Crippen molar-refractivity contribution in [1.82, 2.24) is 14.7 Å². The highest BCUT2D eigenvalue weighted by molar-refractivity contribution is 9.10. The van der Waals surface area contributed by atoms with Gasteiger partial charge in [-0.05, 0) is 74.0 Å². The maximum atomic E-state index is 13.0. The molecule has 1 aromatic carbocycles. The summed E-state index contributed by atoms with van der Waals surface area (Å²) in [5.41, 5.74) is 9.62. The summed E-state index contributed by atoms with van der Waals surface area (Å²) >= 11 is 2.32. The maximum absolute atomic E-state index is 13.0. The Morgan fingerprint density at radius 3 is 2.53 bits per heavy atom. The highest BCUT2D eigenvalue weighted by atomic mass is 79.9. The summed E-state index contributed by atoms with van der Waals surface area (Å²) in [5, 5.41) is 0. The number of nitrogen functional groups attached to an aromatic ring is 1. The van der Waals surface area contributed by atoms with Crippen molar-refractivity contribution in [3.8, 4) is 0 Å².